The van der Waals surface area contributed by atoms with Crippen LogP contribution in [0.1, 0.15) is 6.92 Å². The Morgan fingerprint density at radius 1 is 1.50 bits per heavy atom. The molecule has 2 saturated heterocycles. The van der Waals surface area contributed by atoms with Gasteiger partial charge in [-0.05, 0) is 6.92 Å². The lowest BCUT2D eigenvalue weighted by molar-refractivity contribution is 0.221. The van der Waals surface area contributed by atoms with Crippen LogP contribution in [-0.2, 0) is 0 Å². The molecule has 3 aliphatic rings. The van der Waals surface area contributed by atoms with Crippen LogP contribution in [0, 0.1) is 5.92 Å². The van der Waals surface area contributed by atoms with Gasteiger partial charge in [-0.15, -0.1) is 0 Å². The van der Waals surface area contributed by atoms with E-state index in [1.165, 1.54) is 6.54 Å². The fourth-order valence-corrected chi connectivity index (χ4v) is 2.42. The highest BCUT2D eigenvalue weighted by Crippen LogP contribution is 2.54. The van der Waals surface area contributed by atoms with Gasteiger partial charge in [0.2, 0.25) is 0 Å². The number of rotatable bonds is 0. The van der Waals surface area contributed by atoms with Gasteiger partial charge in [0.25, 0.3) is 0 Å². The van der Waals surface area contributed by atoms with Crippen LogP contribution in [-0.4, -0.2) is 24.2 Å². The summed E-state index contributed by atoms with van der Waals surface area (Å²) in [5, 5.41) is 7.00. The maximum absolute atomic E-state index is 3.53. The summed E-state index contributed by atoms with van der Waals surface area (Å²) in [6, 6.07) is 1.73. The Labute approximate surface area is 48.6 Å². The topological polar surface area (TPSA) is 24.1 Å². The van der Waals surface area contributed by atoms with E-state index in [1.807, 2.05) is 0 Å². The zero-order valence-corrected chi connectivity index (χ0v) is 4.94. The smallest absolute Gasteiger partial charge is 0.0340 e. The summed E-state index contributed by atoms with van der Waals surface area (Å²) in [7, 11) is 0. The zero-order valence-electron chi connectivity index (χ0n) is 4.94. The van der Waals surface area contributed by atoms with Gasteiger partial charge in [-0.3, -0.25) is 0 Å². The first kappa shape index (κ1) is 3.85. The van der Waals surface area contributed by atoms with Crippen molar-refractivity contribution in [3.8, 4) is 0 Å². The SMILES string of the molecule is CC12CNC3C(N1)C32. The molecule has 0 amide bonds. The van der Waals surface area contributed by atoms with Crippen LogP contribution in [0.25, 0.3) is 0 Å². The van der Waals surface area contributed by atoms with E-state index < -0.39 is 0 Å². The molecule has 4 atom stereocenters. The van der Waals surface area contributed by atoms with Crippen molar-refractivity contribution in [1.29, 1.82) is 0 Å². The summed E-state index contributed by atoms with van der Waals surface area (Å²) in [5.41, 5.74) is 0.509. The van der Waals surface area contributed by atoms with Gasteiger partial charge in [-0.1, -0.05) is 0 Å². The second-order valence-electron chi connectivity index (χ2n) is 3.52. The quantitative estimate of drug-likeness (QED) is 0.431. The first-order valence-corrected chi connectivity index (χ1v) is 3.32. The number of nitrogens with one attached hydrogen (secondary N) is 2. The van der Waals surface area contributed by atoms with E-state index in [1.54, 1.807) is 0 Å². The number of hydrogen-bond donors (Lipinski definition) is 2. The Morgan fingerprint density at radius 2 is 2.38 bits per heavy atom. The minimum atomic E-state index is 0.509. The van der Waals surface area contributed by atoms with Gasteiger partial charge in [0.1, 0.15) is 0 Å². The standard InChI is InChI=1S/C6H10N2/c1-6-2-7-4-3(6)5(4)8-6/h3-5,7-8H,2H2,1H3. The second-order valence-corrected chi connectivity index (χ2v) is 3.52. The molecule has 3 rings (SSSR count). The lowest BCUT2D eigenvalue weighted by Gasteiger charge is -2.38. The lowest BCUT2D eigenvalue weighted by atomic mass is 9.91. The summed E-state index contributed by atoms with van der Waals surface area (Å²) in [5.74, 6) is 1.00. The van der Waals surface area contributed by atoms with Crippen molar-refractivity contribution in [2.45, 2.75) is 24.5 Å². The summed E-state index contributed by atoms with van der Waals surface area (Å²) >= 11 is 0. The molecule has 0 spiro atoms. The van der Waals surface area contributed by atoms with E-state index in [4.69, 9.17) is 0 Å². The Morgan fingerprint density at radius 3 is 2.50 bits per heavy atom. The van der Waals surface area contributed by atoms with Gasteiger partial charge < -0.3 is 10.6 Å². The highest BCUT2D eigenvalue weighted by atomic mass is 15.3. The molecule has 1 aliphatic carbocycles. The molecule has 4 unspecified atom stereocenters. The summed E-state index contributed by atoms with van der Waals surface area (Å²) < 4.78 is 0. The largest absolute Gasteiger partial charge is 0.310 e. The second kappa shape index (κ2) is 0.755. The number of piperidine rings is 1. The Kier molecular flexibility index (Phi) is 0.364. The van der Waals surface area contributed by atoms with E-state index in [0.717, 1.165) is 18.0 Å². The summed E-state index contributed by atoms with van der Waals surface area (Å²) in [4.78, 5) is 0. The third kappa shape index (κ3) is 0.198. The van der Waals surface area contributed by atoms with Crippen LogP contribution in [0.4, 0.5) is 0 Å². The number of hydrogen-bond acceptors (Lipinski definition) is 2. The van der Waals surface area contributed by atoms with Crippen LogP contribution in [0.15, 0.2) is 0 Å². The van der Waals surface area contributed by atoms with E-state index in [-0.39, 0.29) is 0 Å². The van der Waals surface area contributed by atoms with Crippen LogP contribution in [0.2, 0.25) is 0 Å². The molecular formula is C6H10N2. The third-order valence-electron chi connectivity index (χ3n) is 2.96. The third-order valence-corrected chi connectivity index (χ3v) is 2.96. The van der Waals surface area contributed by atoms with E-state index in [9.17, 15) is 0 Å². The van der Waals surface area contributed by atoms with Gasteiger partial charge in [0.15, 0.2) is 0 Å². The van der Waals surface area contributed by atoms with Gasteiger partial charge in [-0.2, -0.15) is 0 Å². The maximum atomic E-state index is 3.53. The summed E-state index contributed by atoms with van der Waals surface area (Å²) in [6.45, 7) is 3.51. The maximum Gasteiger partial charge on any atom is 0.0340 e. The van der Waals surface area contributed by atoms with Crippen molar-refractivity contribution < 1.29 is 0 Å². The fraction of sp³-hybridized carbons (Fsp3) is 1.00. The molecule has 8 heavy (non-hydrogen) atoms. The molecule has 0 aromatic rings. The first-order valence-electron chi connectivity index (χ1n) is 3.32. The Hall–Kier alpha value is -0.0800. The average Bonchev–Trinajstić information content (AvgIpc) is 2.23. The van der Waals surface area contributed by atoms with E-state index in [0.29, 0.717) is 5.54 Å². The average molecular weight is 110 g/mol. The molecule has 1 saturated carbocycles. The molecular weight excluding hydrogens is 100 g/mol. The molecule has 2 N–H and O–H groups in total. The number of fused-ring (bicyclic) bond motifs is 1. The molecule has 0 aromatic carbocycles. The monoisotopic (exact) mass is 110 g/mol. The van der Waals surface area contributed by atoms with Gasteiger partial charge in [0, 0.05) is 30.1 Å². The molecule has 2 heteroatoms. The molecule has 0 bridgehead atoms. The Bertz CT molecular complexity index is 153. The van der Waals surface area contributed by atoms with E-state index in [2.05, 4.69) is 17.6 Å². The van der Waals surface area contributed by atoms with Crippen LogP contribution in [0.5, 0.6) is 0 Å². The van der Waals surface area contributed by atoms with Crippen LogP contribution in [0.3, 0.4) is 0 Å². The molecule has 44 valence electrons. The van der Waals surface area contributed by atoms with Gasteiger partial charge in [-0.25, -0.2) is 0 Å². The van der Waals surface area contributed by atoms with E-state index >= 15 is 0 Å². The highest BCUT2D eigenvalue weighted by molar-refractivity contribution is 5.34. The van der Waals surface area contributed by atoms with Crippen LogP contribution < -0.4 is 10.6 Å². The van der Waals surface area contributed by atoms with Crippen LogP contribution >= 0.6 is 0 Å². The molecule has 2 nitrogen and oxygen atoms in total. The Balaban J connectivity index is 2.07. The molecule has 0 radical (unpaired) electrons. The fourth-order valence-electron chi connectivity index (χ4n) is 2.42. The van der Waals surface area contributed by atoms with Crippen molar-refractivity contribution in [2.75, 3.05) is 6.54 Å². The predicted octanol–water partition coefficient (Wildman–Crippen LogP) is -0.682. The molecule has 2 aliphatic heterocycles. The predicted molar refractivity (Wildman–Crippen MR) is 30.6 cm³/mol. The van der Waals surface area contributed by atoms with Crippen molar-refractivity contribution >= 4 is 0 Å². The van der Waals surface area contributed by atoms with Crippen molar-refractivity contribution in [2.24, 2.45) is 5.92 Å². The highest BCUT2D eigenvalue weighted by Gasteiger charge is 2.73. The van der Waals surface area contributed by atoms with Gasteiger partial charge >= 0.3 is 0 Å². The van der Waals surface area contributed by atoms with Crippen molar-refractivity contribution in [1.82, 2.24) is 10.6 Å². The summed E-state index contributed by atoms with van der Waals surface area (Å²) in [6.07, 6.45) is 0. The number of piperazine rings is 1. The first-order chi connectivity index (χ1) is 3.81. The zero-order chi connectivity index (χ0) is 5.35. The van der Waals surface area contributed by atoms with Gasteiger partial charge in [0.05, 0.1) is 0 Å². The minimum absolute atomic E-state index is 0.509. The molecule has 0 aromatic heterocycles. The normalized spacial score (nSPS) is 73.9. The molecule has 2 heterocycles. The van der Waals surface area contributed by atoms with Crippen molar-refractivity contribution in [3.05, 3.63) is 0 Å². The van der Waals surface area contributed by atoms with Crippen molar-refractivity contribution in [3.63, 3.8) is 0 Å². The minimum Gasteiger partial charge on any atom is -0.310 e. The molecule has 3 fully saturated rings. The lowest BCUT2D eigenvalue weighted by Crippen LogP contribution is -2.61.